The van der Waals surface area contributed by atoms with E-state index in [0.29, 0.717) is 11.4 Å². The van der Waals surface area contributed by atoms with Gasteiger partial charge in [0.1, 0.15) is 11.6 Å². The molecular weight excluding hydrogens is 454 g/mol. The molecule has 0 unspecified atom stereocenters. The number of alkyl halides is 3. The molecule has 0 saturated carbocycles. The number of benzene rings is 2. The lowest BCUT2D eigenvalue weighted by atomic mass is 10.1. The molecule has 0 atom stereocenters. The standard InChI is InChI=1S/C21H14ClF4N3OS/c1-11-14(10-31-18(11)12-5-3-6-13(9-12)30-21(24,25)26)20-27-19(28-29(20)2)17-15(22)7-4-8-16(17)23/h3-10H,1-2H3. The number of nitrogens with zero attached hydrogens (tertiary/aromatic N) is 3. The number of halogens is 5. The Hall–Kier alpha value is -2.91. The molecule has 0 N–H and O–H groups in total. The third-order valence-electron chi connectivity index (χ3n) is 4.56. The fourth-order valence-electron chi connectivity index (χ4n) is 3.19. The molecule has 0 fully saturated rings. The van der Waals surface area contributed by atoms with Gasteiger partial charge in [0, 0.05) is 22.9 Å². The predicted octanol–water partition coefficient (Wildman–Crippen LogP) is 6.88. The van der Waals surface area contributed by atoms with Gasteiger partial charge in [0.05, 0.1) is 10.6 Å². The summed E-state index contributed by atoms with van der Waals surface area (Å²) < 4.78 is 57.5. The lowest BCUT2D eigenvalue weighted by Gasteiger charge is -2.10. The van der Waals surface area contributed by atoms with E-state index in [0.717, 1.165) is 16.0 Å². The van der Waals surface area contributed by atoms with E-state index in [-0.39, 0.29) is 22.2 Å². The predicted molar refractivity (Wildman–Crippen MR) is 112 cm³/mol. The second-order valence-corrected chi connectivity index (χ2v) is 7.95. The second-order valence-electron chi connectivity index (χ2n) is 6.66. The van der Waals surface area contributed by atoms with Crippen LogP contribution in [0.3, 0.4) is 0 Å². The summed E-state index contributed by atoms with van der Waals surface area (Å²) in [5.74, 6) is -0.200. The number of aryl methyl sites for hydroxylation is 1. The van der Waals surface area contributed by atoms with Gasteiger partial charge in [0.2, 0.25) is 0 Å². The summed E-state index contributed by atoms with van der Waals surface area (Å²) in [5.41, 5.74) is 2.22. The normalized spacial score (nSPS) is 11.7. The van der Waals surface area contributed by atoms with Crippen LogP contribution in [0.4, 0.5) is 17.6 Å². The van der Waals surface area contributed by atoms with Crippen molar-refractivity contribution in [3.05, 3.63) is 64.2 Å². The van der Waals surface area contributed by atoms with Crippen molar-refractivity contribution in [2.45, 2.75) is 13.3 Å². The van der Waals surface area contributed by atoms with Crippen LogP contribution in [0.15, 0.2) is 47.8 Å². The van der Waals surface area contributed by atoms with Crippen LogP contribution in [0.1, 0.15) is 5.56 Å². The smallest absolute Gasteiger partial charge is 0.406 e. The molecule has 4 rings (SSSR count). The molecular formula is C21H14ClF4N3OS. The van der Waals surface area contributed by atoms with E-state index in [9.17, 15) is 17.6 Å². The fourth-order valence-corrected chi connectivity index (χ4v) is 4.51. The first kappa shape index (κ1) is 21.3. The molecule has 0 saturated heterocycles. The molecule has 31 heavy (non-hydrogen) atoms. The largest absolute Gasteiger partial charge is 0.573 e. The Bertz CT molecular complexity index is 1250. The number of hydrogen-bond donors (Lipinski definition) is 0. The fraction of sp³-hybridized carbons (Fsp3) is 0.143. The van der Waals surface area contributed by atoms with Gasteiger partial charge >= 0.3 is 6.36 Å². The average molecular weight is 468 g/mol. The van der Waals surface area contributed by atoms with Crippen molar-refractivity contribution in [1.29, 1.82) is 0 Å². The van der Waals surface area contributed by atoms with E-state index in [4.69, 9.17) is 11.6 Å². The summed E-state index contributed by atoms with van der Waals surface area (Å²) >= 11 is 7.48. The molecule has 2 heterocycles. The van der Waals surface area contributed by atoms with Crippen LogP contribution < -0.4 is 4.74 Å². The summed E-state index contributed by atoms with van der Waals surface area (Å²) in [4.78, 5) is 5.23. The molecule has 0 aliphatic carbocycles. The third kappa shape index (κ3) is 4.28. The van der Waals surface area contributed by atoms with E-state index in [1.165, 1.54) is 46.4 Å². The summed E-state index contributed by atoms with van der Waals surface area (Å²) in [5, 5.41) is 6.32. The molecule has 0 aliphatic heterocycles. The molecule has 160 valence electrons. The lowest BCUT2D eigenvalue weighted by Crippen LogP contribution is -2.17. The molecule has 4 aromatic rings. The topological polar surface area (TPSA) is 39.9 Å². The molecule has 0 bridgehead atoms. The monoisotopic (exact) mass is 467 g/mol. The Morgan fingerprint density at radius 2 is 1.87 bits per heavy atom. The van der Waals surface area contributed by atoms with Crippen molar-refractivity contribution in [2.75, 3.05) is 0 Å². The highest BCUT2D eigenvalue weighted by atomic mass is 35.5. The Balaban J connectivity index is 1.73. The Labute approximate surface area is 183 Å². The van der Waals surface area contributed by atoms with Gasteiger partial charge in [-0.3, -0.25) is 0 Å². The minimum Gasteiger partial charge on any atom is -0.406 e. The first-order chi connectivity index (χ1) is 14.6. The Morgan fingerprint density at radius 3 is 2.58 bits per heavy atom. The van der Waals surface area contributed by atoms with Gasteiger partial charge in [-0.1, -0.05) is 29.8 Å². The quantitative estimate of drug-likeness (QED) is 0.307. The third-order valence-corrected chi connectivity index (χ3v) is 6.01. The molecule has 4 nitrogen and oxygen atoms in total. The van der Waals surface area contributed by atoms with Crippen LogP contribution >= 0.6 is 22.9 Å². The van der Waals surface area contributed by atoms with Gasteiger partial charge in [-0.15, -0.1) is 24.5 Å². The Morgan fingerprint density at radius 1 is 1.13 bits per heavy atom. The van der Waals surface area contributed by atoms with Gasteiger partial charge in [-0.05, 0) is 42.3 Å². The van der Waals surface area contributed by atoms with E-state index in [2.05, 4.69) is 14.8 Å². The maximum atomic E-state index is 14.3. The van der Waals surface area contributed by atoms with Gasteiger partial charge in [0.25, 0.3) is 0 Å². The second kappa shape index (κ2) is 7.97. The maximum absolute atomic E-state index is 14.3. The summed E-state index contributed by atoms with van der Waals surface area (Å²) in [6, 6.07) is 10.1. The molecule has 0 amide bonds. The van der Waals surface area contributed by atoms with Gasteiger partial charge < -0.3 is 4.74 Å². The number of thiophene rings is 1. The molecule has 2 aromatic carbocycles. The van der Waals surface area contributed by atoms with Gasteiger partial charge in [0.15, 0.2) is 11.6 Å². The molecule has 0 aliphatic rings. The number of aromatic nitrogens is 3. The SMILES string of the molecule is Cc1c(-c2nc(-c3c(F)cccc3Cl)nn2C)csc1-c1cccc(OC(F)(F)F)c1. The Kier molecular flexibility index (Phi) is 5.49. The van der Waals surface area contributed by atoms with Crippen LogP contribution in [0.2, 0.25) is 5.02 Å². The molecule has 0 radical (unpaired) electrons. The molecule has 2 aromatic heterocycles. The van der Waals surface area contributed by atoms with Crippen molar-refractivity contribution in [3.63, 3.8) is 0 Å². The summed E-state index contributed by atoms with van der Waals surface area (Å²) in [6.07, 6.45) is -4.77. The number of hydrogen-bond acceptors (Lipinski definition) is 4. The summed E-state index contributed by atoms with van der Waals surface area (Å²) in [7, 11) is 1.68. The lowest BCUT2D eigenvalue weighted by molar-refractivity contribution is -0.274. The van der Waals surface area contributed by atoms with Crippen LogP contribution in [-0.2, 0) is 7.05 Å². The number of rotatable bonds is 4. The van der Waals surface area contributed by atoms with E-state index in [1.54, 1.807) is 19.2 Å². The highest BCUT2D eigenvalue weighted by Crippen LogP contribution is 2.39. The first-order valence-electron chi connectivity index (χ1n) is 8.94. The van der Waals surface area contributed by atoms with E-state index >= 15 is 0 Å². The minimum atomic E-state index is -4.77. The van der Waals surface area contributed by atoms with Crippen LogP contribution in [0.25, 0.3) is 33.2 Å². The zero-order valence-corrected chi connectivity index (χ0v) is 17.7. The van der Waals surface area contributed by atoms with Crippen molar-refractivity contribution >= 4 is 22.9 Å². The first-order valence-corrected chi connectivity index (χ1v) is 10.2. The number of ether oxygens (including phenoxy) is 1. The van der Waals surface area contributed by atoms with Crippen LogP contribution in [-0.4, -0.2) is 21.1 Å². The molecule has 10 heteroatoms. The van der Waals surface area contributed by atoms with E-state index in [1.807, 2.05) is 12.3 Å². The minimum absolute atomic E-state index is 0.108. The van der Waals surface area contributed by atoms with Gasteiger partial charge in [-0.2, -0.15) is 5.10 Å². The highest BCUT2D eigenvalue weighted by Gasteiger charge is 2.31. The zero-order chi connectivity index (χ0) is 22.3. The van der Waals surface area contributed by atoms with Crippen molar-refractivity contribution in [1.82, 2.24) is 14.8 Å². The van der Waals surface area contributed by atoms with Crippen molar-refractivity contribution in [2.24, 2.45) is 7.05 Å². The summed E-state index contributed by atoms with van der Waals surface area (Å²) in [6.45, 7) is 1.84. The zero-order valence-electron chi connectivity index (χ0n) is 16.2. The van der Waals surface area contributed by atoms with Crippen LogP contribution in [0, 0.1) is 12.7 Å². The van der Waals surface area contributed by atoms with E-state index < -0.39 is 12.2 Å². The van der Waals surface area contributed by atoms with Crippen molar-refractivity contribution < 1.29 is 22.3 Å². The van der Waals surface area contributed by atoms with Crippen molar-refractivity contribution in [3.8, 4) is 39.0 Å². The average Bonchev–Trinajstić information content (AvgIpc) is 3.23. The van der Waals surface area contributed by atoms with Gasteiger partial charge in [-0.25, -0.2) is 14.1 Å². The van der Waals surface area contributed by atoms with Crippen LogP contribution in [0.5, 0.6) is 5.75 Å². The molecule has 0 spiro atoms. The maximum Gasteiger partial charge on any atom is 0.573 e. The highest BCUT2D eigenvalue weighted by molar-refractivity contribution is 7.14.